The molecule has 24 heavy (non-hydrogen) atoms. The lowest BCUT2D eigenvalue weighted by Gasteiger charge is -2.38. The van der Waals surface area contributed by atoms with Crippen LogP contribution in [0, 0.1) is 6.92 Å². The molecule has 126 valence electrons. The van der Waals surface area contributed by atoms with Gasteiger partial charge >= 0.3 is 0 Å². The molecular weight excluding hydrogens is 304 g/mol. The van der Waals surface area contributed by atoms with Crippen molar-refractivity contribution >= 4 is 5.91 Å². The Hall–Kier alpha value is -2.37. The van der Waals surface area contributed by atoms with Crippen molar-refractivity contribution < 1.29 is 9.53 Å². The van der Waals surface area contributed by atoms with Crippen LogP contribution >= 0.6 is 0 Å². The first-order valence-corrected chi connectivity index (χ1v) is 8.53. The summed E-state index contributed by atoms with van der Waals surface area (Å²) in [7, 11) is 1.87. The van der Waals surface area contributed by atoms with Gasteiger partial charge in [-0.25, -0.2) is 4.98 Å². The maximum absolute atomic E-state index is 12.9. The van der Waals surface area contributed by atoms with Gasteiger partial charge in [0.25, 0.3) is 5.91 Å². The van der Waals surface area contributed by atoms with E-state index in [4.69, 9.17) is 4.74 Å². The van der Waals surface area contributed by atoms with Gasteiger partial charge in [0.05, 0.1) is 0 Å². The Kier molecular flexibility index (Phi) is 3.75. The van der Waals surface area contributed by atoms with E-state index in [9.17, 15) is 4.79 Å². The number of hydrogen-bond acceptors (Lipinski definition) is 4. The van der Waals surface area contributed by atoms with Crippen molar-refractivity contribution in [3.63, 3.8) is 0 Å². The molecule has 2 atom stereocenters. The highest BCUT2D eigenvalue weighted by Gasteiger charge is 2.44. The fourth-order valence-electron chi connectivity index (χ4n) is 3.94. The quantitative estimate of drug-likeness (QED) is 0.868. The van der Waals surface area contributed by atoms with Crippen molar-refractivity contribution in [2.45, 2.75) is 50.8 Å². The summed E-state index contributed by atoms with van der Waals surface area (Å²) in [6, 6.07) is 8.06. The number of rotatable bonds is 3. The van der Waals surface area contributed by atoms with Crippen LogP contribution in [0.4, 0.5) is 0 Å². The summed E-state index contributed by atoms with van der Waals surface area (Å²) in [5.74, 6) is 0.726. The van der Waals surface area contributed by atoms with Crippen LogP contribution in [0.3, 0.4) is 0 Å². The van der Waals surface area contributed by atoms with Gasteiger partial charge in [-0.05, 0) is 31.9 Å². The number of hydrogen-bond donors (Lipinski definition) is 0. The number of amides is 1. The van der Waals surface area contributed by atoms with Crippen LogP contribution in [-0.2, 0) is 7.05 Å². The molecule has 0 spiro atoms. The second-order valence-electron chi connectivity index (χ2n) is 6.77. The van der Waals surface area contributed by atoms with Crippen LogP contribution < -0.4 is 4.74 Å². The third kappa shape index (κ3) is 2.66. The van der Waals surface area contributed by atoms with Crippen LogP contribution in [0.25, 0.3) is 0 Å². The number of fused-ring (bicyclic) bond motifs is 2. The van der Waals surface area contributed by atoms with E-state index in [0.29, 0.717) is 11.6 Å². The Bertz CT molecular complexity index is 709. The van der Waals surface area contributed by atoms with Gasteiger partial charge in [-0.2, -0.15) is 5.10 Å². The Morgan fingerprint density at radius 3 is 2.58 bits per heavy atom. The lowest BCUT2D eigenvalue weighted by molar-refractivity contribution is 0.0342. The van der Waals surface area contributed by atoms with Crippen LogP contribution in [-0.4, -0.2) is 43.8 Å². The number of piperidine rings is 1. The van der Waals surface area contributed by atoms with E-state index >= 15 is 0 Å². The minimum Gasteiger partial charge on any atom is -0.474 e. The van der Waals surface area contributed by atoms with E-state index in [1.54, 1.807) is 10.9 Å². The summed E-state index contributed by atoms with van der Waals surface area (Å²) < 4.78 is 7.78. The smallest absolute Gasteiger partial charge is 0.274 e. The molecule has 2 saturated heterocycles. The zero-order valence-corrected chi connectivity index (χ0v) is 14.1. The number of nitrogens with zero attached hydrogens (tertiary/aromatic N) is 4. The fourth-order valence-corrected chi connectivity index (χ4v) is 3.94. The van der Waals surface area contributed by atoms with Crippen LogP contribution in [0.2, 0.25) is 0 Å². The summed E-state index contributed by atoms with van der Waals surface area (Å²) in [4.78, 5) is 19.2. The Morgan fingerprint density at radius 2 is 2.00 bits per heavy atom. The van der Waals surface area contributed by atoms with Gasteiger partial charge in [0, 0.05) is 49.9 Å². The predicted octanol–water partition coefficient (Wildman–Crippen LogP) is 2.34. The highest BCUT2D eigenvalue weighted by atomic mass is 16.5. The van der Waals surface area contributed by atoms with Crippen molar-refractivity contribution in [1.29, 1.82) is 0 Å². The van der Waals surface area contributed by atoms with E-state index in [2.05, 4.69) is 10.1 Å². The zero-order valence-electron chi connectivity index (χ0n) is 14.1. The van der Waals surface area contributed by atoms with Crippen LogP contribution in [0.1, 0.15) is 41.9 Å². The van der Waals surface area contributed by atoms with Crippen LogP contribution in [0.5, 0.6) is 5.88 Å². The first-order chi connectivity index (χ1) is 11.6. The van der Waals surface area contributed by atoms with Gasteiger partial charge in [0.15, 0.2) is 5.69 Å². The minimum atomic E-state index is 0.0579. The summed E-state index contributed by atoms with van der Waals surface area (Å²) in [5, 5.41) is 4.35. The number of aromatic nitrogens is 3. The average Bonchev–Trinajstić information content (AvgIpc) is 3.05. The molecule has 2 unspecified atom stereocenters. The molecule has 2 aliphatic heterocycles. The van der Waals surface area contributed by atoms with Gasteiger partial charge in [-0.3, -0.25) is 9.48 Å². The highest BCUT2D eigenvalue weighted by Crippen LogP contribution is 2.38. The molecule has 6 nitrogen and oxygen atoms in total. The molecule has 2 aromatic rings. The van der Waals surface area contributed by atoms with Gasteiger partial charge in [0.2, 0.25) is 5.88 Å². The highest BCUT2D eigenvalue weighted by molar-refractivity contribution is 5.93. The third-order valence-electron chi connectivity index (χ3n) is 5.18. The zero-order chi connectivity index (χ0) is 16.7. The van der Waals surface area contributed by atoms with E-state index in [-0.39, 0.29) is 24.1 Å². The van der Waals surface area contributed by atoms with Crippen molar-refractivity contribution in [3.05, 3.63) is 41.9 Å². The largest absolute Gasteiger partial charge is 0.474 e. The Morgan fingerprint density at radius 1 is 1.25 bits per heavy atom. The topological polar surface area (TPSA) is 60.3 Å². The molecule has 0 saturated carbocycles. The Balaban J connectivity index is 1.48. The molecule has 2 fully saturated rings. The first-order valence-electron chi connectivity index (χ1n) is 8.53. The molecule has 0 N–H and O–H groups in total. The van der Waals surface area contributed by atoms with Gasteiger partial charge in [-0.15, -0.1) is 0 Å². The van der Waals surface area contributed by atoms with Gasteiger partial charge in [0.1, 0.15) is 6.10 Å². The molecule has 2 aliphatic rings. The lowest BCUT2D eigenvalue weighted by atomic mass is 9.99. The second-order valence-corrected chi connectivity index (χ2v) is 6.77. The normalized spacial score (nSPS) is 25.8. The summed E-state index contributed by atoms with van der Waals surface area (Å²) in [6.45, 7) is 1.96. The molecule has 0 aromatic carbocycles. The molecule has 0 radical (unpaired) electrons. The Labute approximate surface area is 141 Å². The minimum absolute atomic E-state index is 0.0579. The van der Waals surface area contributed by atoms with Crippen molar-refractivity contribution in [2.75, 3.05) is 0 Å². The number of carbonyl (C=O) groups excluding carboxylic acids is 1. The molecule has 0 aliphatic carbocycles. The van der Waals surface area contributed by atoms with Crippen molar-refractivity contribution in [2.24, 2.45) is 7.05 Å². The van der Waals surface area contributed by atoms with Crippen molar-refractivity contribution in [3.8, 4) is 5.88 Å². The lowest BCUT2D eigenvalue weighted by Crippen LogP contribution is -2.49. The van der Waals surface area contributed by atoms with E-state index in [0.717, 1.165) is 31.4 Å². The maximum atomic E-state index is 12.9. The summed E-state index contributed by atoms with van der Waals surface area (Å²) in [6.07, 6.45) is 5.70. The molecule has 1 amide bonds. The molecule has 4 heterocycles. The molecular formula is C18H22N4O2. The molecule has 2 aromatic heterocycles. The summed E-state index contributed by atoms with van der Waals surface area (Å²) in [5.41, 5.74) is 1.55. The van der Waals surface area contributed by atoms with E-state index in [1.807, 2.05) is 43.1 Å². The molecule has 6 heteroatoms. The van der Waals surface area contributed by atoms with Gasteiger partial charge < -0.3 is 9.64 Å². The molecule has 2 bridgehead atoms. The monoisotopic (exact) mass is 326 g/mol. The fraction of sp³-hybridized carbons (Fsp3) is 0.500. The number of ether oxygens (including phenoxy) is 1. The second kappa shape index (κ2) is 5.92. The van der Waals surface area contributed by atoms with E-state index in [1.165, 1.54) is 0 Å². The number of carbonyl (C=O) groups is 1. The SMILES string of the molecule is Cc1cc(C(=O)N2C3CCC2CC(Oc2ccccn2)C3)nn1C. The van der Waals surface area contributed by atoms with Crippen LogP contribution in [0.15, 0.2) is 30.5 Å². The first kappa shape index (κ1) is 15.2. The third-order valence-corrected chi connectivity index (χ3v) is 5.18. The number of aryl methyl sites for hydroxylation is 2. The predicted molar refractivity (Wildman–Crippen MR) is 88.8 cm³/mol. The maximum Gasteiger partial charge on any atom is 0.274 e. The van der Waals surface area contributed by atoms with Gasteiger partial charge in [-0.1, -0.05) is 6.07 Å². The van der Waals surface area contributed by atoms with Crippen molar-refractivity contribution in [1.82, 2.24) is 19.7 Å². The number of pyridine rings is 1. The van der Waals surface area contributed by atoms with E-state index < -0.39 is 0 Å². The average molecular weight is 326 g/mol. The molecule has 4 rings (SSSR count). The summed E-state index contributed by atoms with van der Waals surface area (Å²) >= 11 is 0. The standard InChI is InChI=1S/C18H22N4O2/c1-12-9-16(20-21(12)2)18(23)22-13-6-7-14(22)11-15(10-13)24-17-5-3-4-8-19-17/h3-5,8-9,13-15H,6-7,10-11H2,1-2H3.